The van der Waals surface area contributed by atoms with Crippen molar-refractivity contribution in [3.05, 3.63) is 35.6 Å². The fourth-order valence-corrected chi connectivity index (χ4v) is 1.46. The molecule has 0 radical (unpaired) electrons. The number of halogens is 2. The average molecular weight is 244 g/mol. The molecule has 0 aliphatic rings. The van der Waals surface area contributed by atoms with Gasteiger partial charge >= 0.3 is 0 Å². The molecule has 0 heterocycles. The highest BCUT2D eigenvalue weighted by Gasteiger charge is 2.00. The number of nitrogens with one attached hydrogen (secondary N) is 1. The number of rotatable bonds is 6. The third-order valence-electron chi connectivity index (χ3n) is 2.19. The fraction of sp³-hybridized carbons (Fsp3) is 0.417. The summed E-state index contributed by atoms with van der Waals surface area (Å²) in [5.41, 5.74) is 0.895. The van der Waals surface area contributed by atoms with Gasteiger partial charge in [-0.25, -0.2) is 4.39 Å². The maximum Gasteiger partial charge on any atom is 0.220 e. The van der Waals surface area contributed by atoms with E-state index in [1.165, 1.54) is 12.1 Å². The van der Waals surface area contributed by atoms with Gasteiger partial charge < -0.3 is 5.32 Å². The van der Waals surface area contributed by atoms with E-state index in [4.69, 9.17) is 11.6 Å². The monoisotopic (exact) mass is 243 g/mol. The number of carbonyl (C=O) groups is 1. The van der Waals surface area contributed by atoms with Crippen LogP contribution in [-0.4, -0.2) is 11.8 Å². The number of carbonyl (C=O) groups excluding carboxylic acids is 1. The highest BCUT2D eigenvalue weighted by Crippen LogP contribution is 2.03. The van der Waals surface area contributed by atoms with Gasteiger partial charge in [0.25, 0.3) is 0 Å². The molecule has 2 nitrogen and oxygen atoms in total. The van der Waals surface area contributed by atoms with Crippen molar-refractivity contribution in [1.82, 2.24) is 5.32 Å². The van der Waals surface area contributed by atoms with Gasteiger partial charge in [-0.15, -0.1) is 11.6 Å². The highest BCUT2D eigenvalue weighted by atomic mass is 35.5. The molecule has 0 aliphatic heterocycles. The Hall–Kier alpha value is -1.09. The van der Waals surface area contributed by atoms with Gasteiger partial charge in [-0.3, -0.25) is 4.79 Å². The third-order valence-corrected chi connectivity index (χ3v) is 2.46. The Morgan fingerprint density at radius 3 is 2.56 bits per heavy atom. The van der Waals surface area contributed by atoms with Crippen LogP contribution in [0.15, 0.2) is 24.3 Å². The summed E-state index contributed by atoms with van der Waals surface area (Å²) >= 11 is 5.51. The van der Waals surface area contributed by atoms with Gasteiger partial charge in [-0.2, -0.15) is 0 Å². The van der Waals surface area contributed by atoms with Crippen LogP contribution in [0.1, 0.15) is 24.8 Å². The van der Waals surface area contributed by atoms with E-state index in [1.54, 1.807) is 12.1 Å². The van der Waals surface area contributed by atoms with Crippen LogP contribution >= 0.6 is 11.6 Å². The molecule has 16 heavy (non-hydrogen) atoms. The van der Waals surface area contributed by atoms with Gasteiger partial charge in [0, 0.05) is 18.8 Å². The molecule has 1 aromatic carbocycles. The normalized spacial score (nSPS) is 10.1. The molecule has 0 saturated heterocycles. The molecule has 0 spiro atoms. The molecule has 0 bridgehead atoms. The minimum atomic E-state index is -0.266. The molecule has 0 atom stereocenters. The summed E-state index contributed by atoms with van der Waals surface area (Å²) in [5.74, 6) is 0.331. The maximum absolute atomic E-state index is 12.6. The molecular weight excluding hydrogens is 229 g/mol. The minimum Gasteiger partial charge on any atom is -0.352 e. The summed E-state index contributed by atoms with van der Waals surface area (Å²) in [6.07, 6.45) is 2.15. The van der Waals surface area contributed by atoms with E-state index in [0.29, 0.717) is 18.8 Å². The van der Waals surface area contributed by atoms with Gasteiger partial charge in [-0.1, -0.05) is 12.1 Å². The summed E-state index contributed by atoms with van der Waals surface area (Å²) in [7, 11) is 0. The summed E-state index contributed by atoms with van der Waals surface area (Å²) in [6.45, 7) is 0.444. The number of benzene rings is 1. The van der Waals surface area contributed by atoms with Gasteiger partial charge in [0.05, 0.1) is 0 Å². The second-order valence-electron chi connectivity index (χ2n) is 3.55. The van der Waals surface area contributed by atoms with E-state index in [-0.39, 0.29) is 11.7 Å². The molecule has 1 amide bonds. The van der Waals surface area contributed by atoms with Crippen LogP contribution in [0.2, 0.25) is 0 Å². The van der Waals surface area contributed by atoms with Gasteiger partial charge in [0.15, 0.2) is 0 Å². The van der Waals surface area contributed by atoms with E-state index >= 15 is 0 Å². The van der Waals surface area contributed by atoms with Crippen LogP contribution < -0.4 is 5.32 Å². The predicted octanol–water partition coefficient (Wildman–Crippen LogP) is 2.85. The van der Waals surface area contributed by atoms with E-state index in [2.05, 4.69) is 5.32 Å². The lowest BCUT2D eigenvalue weighted by Gasteiger charge is -2.04. The van der Waals surface area contributed by atoms with Crippen molar-refractivity contribution in [1.29, 1.82) is 0 Å². The standard InChI is InChI=1S/C12H15ClFNO/c13-8-2-1-3-12(16)15-9-10-4-6-11(14)7-5-10/h4-7H,1-3,8-9H2,(H,15,16). The second kappa shape index (κ2) is 7.23. The molecule has 0 fully saturated rings. The number of hydrogen-bond donors (Lipinski definition) is 1. The summed E-state index contributed by atoms with van der Waals surface area (Å²) < 4.78 is 12.6. The van der Waals surface area contributed by atoms with Crippen LogP contribution in [0.4, 0.5) is 4.39 Å². The van der Waals surface area contributed by atoms with Crippen molar-refractivity contribution in [3.8, 4) is 0 Å². The van der Waals surface area contributed by atoms with E-state index in [0.717, 1.165) is 18.4 Å². The Bertz CT molecular complexity index is 326. The van der Waals surface area contributed by atoms with Gasteiger partial charge in [-0.05, 0) is 30.5 Å². The number of amides is 1. The predicted molar refractivity (Wildman–Crippen MR) is 62.8 cm³/mol. The lowest BCUT2D eigenvalue weighted by atomic mass is 10.2. The zero-order chi connectivity index (χ0) is 11.8. The molecule has 0 aliphatic carbocycles. The summed E-state index contributed by atoms with van der Waals surface area (Å²) in [6, 6.07) is 6.09. The highest BCUT2D eigenvalue weighted by molar-refractivity contribution is 6.17. The van der Waals surface area contributed by atoms with Crippen molar-refractivity contribution in [3.63, 3.8) is 0 Å². The van der Waals surface area contributed by atoms with Gasteiger partial charge in [0.1, 0.15) is 5.82 Å². The Morgan fingerprint density at radius 1 is 1.25 bits per heavy atom. The van der Waals surface area contributed by atoms with Crippen molar-refractivity contribution in [2.75, 3.05) is 5.88 Å². The van der Waals surface area contributed by atoms with E-state index in [1.807, 2.05) is 0 Å². The zero-order valence-electron chi connectivity index (χ0n) is 9.01. The molecule has 1 rings (SSSR count). The zero-order valence-corrected chi connectivity index (χ0v) is 9.77. The first kappa shape index (κ1) is 13.0. The smallest absolute Gasteiger partial charge is 0.220 e. The van der Waals surface area contributed by atoms with Crippen LogP contribution in [0.3, 0.4) is 0 Å². The fourth-order valence-electron chi connectivity index (χ4n) is 1.27. The maximum atomic E-state index is 12.6. The third kappa shape index (κ3) is 5.12. The quantitative estimate of drug-likeness (QED) is 0.604. The van der Waals surface area contributed by atoms with Crippen molar-refractivity contribution in [2.24, 2.45) is 0 Å². The van der Waals surface area contributed by atoms with Crippen LogP contribution in [0.25, 0.3) is 0 Å². The second-order valence-corrected chi connectivity index (χ2v) is 3.93. The molecular formula is C12H15ClFNO. The Balaban J connectivity index is 2.23. The largest absolute Gasteiger partial charge is 0.352 e. The summed E-state index contributed by atoms with van der Waals surface area (Å²) in [5, 5.41) is 2.77. The topological polar surface area (TPSA) is 29.1 Å². The molecule has 1 aromatic rings. The number of hydrogen-bond acceptors (Lipinski definition) is 1. The lowest BCUT2D eigenvalue weighted by molar-refractivity contribution is -0.121. The van der Waals surface area contributed by atoms with Gasteiger partial charge in [0.2, 0.25) is 5.91 Å². The van der Waals surface area contributed by atoms with Crippen LogP contribution in [-0.2, 0) is 11.3 Å². The van der Waals surface area contributed by atoms with Crippen molar-refractivity contribution >= 4 is 17.5 Å². The minimum absolute atomic E-state index is 0.00874. The van der Waals surface area contributed by atoms with Crippen LogP contribution in [0, 0.1) is 5.82 Å². The number of alkyl halides is 1. The van der Waals surface area contributed by atoms with Crippen LogP contribution in [0.5, 0.6) is 0 Å². The van der Waals surface area contributed by atoms with Crippen molar-refractivity contribution < 1.29 is 9.18 Å². The first-order valence-corrected chi connectivity index (χ1v) is 5.83. The lowest BCUT2D eigenvalue weighted by Crippen LogP contribution is -2.22. The SMILES string of the molecule is O=C(CCCCCl)NCc1ccc(F)cc1. The Kier molecular flexibility index (Phi) is 5.86. The average Bonchev–Trinajstić information content (AvgIpc) is 2.29. The molecule has 0 saturated carbocycles. The molecule has 1 N–H and O–H groups in total. The first-order valence-electron chi connectivity index (χ1n) is 5.29. The molecule has 88 valence electrons. The van der Waals surface area contributed by atoms with E-state index < -0.39 is 0 Å². The molecule has 0 aromatic heterocycles. The Labute approximate surface area is 99.8 Å². The summed E-state index contributed by atoms with van der Waals surface area (Å²) in [4.78, 5) is 11.3. The number of unbranched alkanes of at least 4 members (excludes halogenated alkanes) is 1. The first-order chi connectivity index (χ1) is 7.72. The Morgan fingerprint density at radius 2 is 1.94 bits per heavy atom. The molecule has 4 heteroatoms. The van der Waals surface area contributed by atoms with Crippen molar-refractivity contribution in [2.45, 2.75) is 25.8 Å². The van der Waals surface area contributed by atoms with E-state index in [9.17, 15) is 9.18 Å². The molecule has 0 unspecified atom stereocenters.